The van der Waals surface area contributed by atoms with Crippen LogP contribution in [0.1, 0.15) is 36.5 Å². The molecular formula is C15H22N2O3. The number of aliphatic hydroxyl groups is 1. The van der Waals surface area contributed by atoms with Crippen molar-refractivity contribution in [1.82, 2.24) is 5.32 Å². The van der Waals surface area contributed by atoms with Crippen LogP contribution in [0.25, 0.3) is 0 Å². The zero-order valence-corrected chi connectivity index (χ0v) is 11.8. The molecule has 0 atom stereocenters. The van der Waals surface area contributed by atoms with Crippen LogP contribution in [0.5, 0.6) is 5.75 Å². The highest BCUT2D eigenvalue weighted by atomic mass is 16.5. The molecule has 0 spiro atoms. The van der Waals surface area contributed by atoms with Crippen molar-refractivity contribution in [2.24, 2.45) is 5.41 Å². The highest BCUT2D eigenvalue weighted by Crippen LogP contribution is 2.47. The third-order valence-corrected chi connectivity index (χ3v) is 3.73. The fourth-order valence-corrected chi connectivity index (χ4v) is 2.30. The molecule has 4 N–H and O–H groups in total. The van der Waals surface area contributed by atoms with Gasteiger partial charge in [0.25, 0.3) is 5.91 Å². The molecule has 0 unspecified atom stereocenters. The lowest BCUT2D eigenvalue weighted by atomic mass is 10.0. The lowest BCUT2D eigenvalue weighted by molar-refractivity contribution is 0.0940. The maximum absolute atomic E-state index is 12.1. The third kappa shape index (κ3) is 3.63. The maximum atomic E-state index is 12.1. The molecule has 20 heavy (non-hydrogen) atoms. The Labute approximate surface area is 119 Å². The summed E-state index contributed by atoms with van der Waals surface area (Å²) >= 11 is 0. The number of carbonyl (C=O) groups is 1. The lowest BCUT2D eigenvalue weighted by Gasteiger charge is -2.15. The summed E-state index contributed by atoms with van der Waals surface area (Å²) in [6, 6.07) is 5.04. The summed E-state index contributed by atoms with van der Waals surface area (Å²) in [5.74, 6) is 0.455. The van der Waals surface area contributed by atoms with Gasteiger partial charge in [0.2, 0.25) is 0 Å². The summed E-state index contributed by atoms with van der Waals surface area (Å²) in [7, 11) is 0. The summed E-state index contributed by atoms with van der Waals surface area (Å²) in [5, 5.41) is 11.9. The molecule has 110 valence electrons. The monoisotopic (exact) mass is 278 g/mol. The smallest absolute Gasteiger partial charge is 0.251 e. The van der Waals surface area contributed by atoms with E-state index in [9.17, 15) is 4.79 Å². The fraction of sp³-hybridized carbons (Fsp3) is 0.533. The second kappa shape index (κ2) is 6.13. The molecule has 0 aliphatic heterocycles. The van der Waals surface area contributed by atoms with Gasteiger partial charge in [0.05, 0.1) is 6.61 Å². The van der Waals surface area contributed by atoms with E-state index in [2.05, 4.69) is 5.32 Å². The number of hydrogen-bond donors (Lipinski definition) is 3. The van der Waals surface area contributed by atoms with E-state index < -0.39 is 0 Å². The minimum absolute atomic E-state index is 0.105. The summed E-state index contributed by atoms with van der Waals surface area (Å²) in [6.07, 6.45) is 2.87. The maximum Gasteiger partial charge on any atom is 0.251 e. The molecule has 1 amide bonds. The first kappa shape index (κ1) is 14.7. The first-order valence-electron chi connectivity index (χ1n) is 7.01. The van der Waals surface area contributed by atoms with E-state index in [-0.39, 0.29) is 17.9 Å². The van der Waals surface area contributed by atoms with Crippen molar-refractivity contribution in [3.8, 4) is 5.75 Å². The van der Waals surface area contributed by atoms with E-state index in [4.69, 9.17) is 15.6 Å². The molecule has 0 bridgehead atoms. The molecule has 0 saturated heterocycles. The van der Waals surface area contributed by atoms with Crippen LogP contribution in [0.3, 0.4) is 0 Å². The molecule has 0 heterocycles. The average molecular weight is 278 g/mol. The molecule has 1 aromatic rings. The summed E-state index contributed by atoms with van der Waals surface area (Å²) in [5.41, 5.74) is 6.90. The quantitative estimate of drug-likeness (QED) is 0.661. The molecule has 2 rings (SSSR count). The van der Waals surface area contributed by atoms with Crippen LogP contribution < -0.4 is 15.8 Å². The van der Waals surface area contributed by atoms with E-state index in [0.717, 1.165) is 19.3 Å². The number of anilines is 1. The number of aliphatic hydroxyl groups excluding tert-OH is 1. The Balaban J connectivity index is 1.98. The zero-order chi connectivity index (χ0) is 14.6. The molecule has 5 heteroatoms. The number of ether oxygens (including phenoxy) is 1. The second-order valence-corrected chi connectivity index (χ2v) is 5.38. The minimum atomic E-state index is -0.150. The Bertz CT molecular complexity index is 484. The van der Waals surface area contributed by atoms with E-state index in [1.165, 1.54) is 0 Å². The largest absolute Gasteiger partial charge is 0.494 e. The number of nitrogens with two attached hydrogens (primary N) is 1. The molecular weight excluding hydrogens is 256 g/mol. The van der Waals surface area contributed by atoms with Crippen LogP contribution in [0.2, 0.25) is 0 Å². The van der Waals surface area contributed by atoms with Crippen LogP contribution in [-0.2, 0) is 0 Å². The topological polar surface area (TPSA) is 84.6 Å². The van der Waals surface area contributed by atoms with E-state index >= 15 is 0 Å². The van der Waals surface area contributed by atoms with Crippen molar-refractivity contribution in [3.05, 3.63) is 23.8 Å². The number of amides is 1. The molecule has 1 aliphatic rings. The van der Waals surface area contributed by atoms with Crippen LogP contribution >= 0.6 is 0 Å². The Hall–Kier alpha value is -1.75. The van der Waals surface area contributed by atoms with Gasteiger partial charge in [-0.1, -0.05) is 0 Å². The van der Waals surface area contributed by atoms with E-state index in [1.807, 2.05) is 6.92 Å². The summed E-state index contributed by atoms with van der Waals surface area (Å²) in [4.78, 5) is 12.1. The van der Waals surface area contributed by atoms with Gasteiger partial charge in [-0.3, -0.25) is 4.79 Å². The van der Waals surface area contributed by atoms with Crippen molar-refractivity contribution in [3.63, 3.8) is 0 Å². The van der Waals surface area contributed by atoms with E-state index in [1.54, 1.807) is 18.2 Å². The molecule has 0 radical (unpaired) electrons. The van der Waals surface area contributed by atoms with Gasteiger partial charge in [-0.15, -0.1) is 0 Å². The molecule has 1 aliphatic carbocycles. The fourth-order valence-electron chi connectivity index (χ4n) is 2.30. The first-order valence-corrected chi connectivity index (χ1v) is 7.01. The van der Waals surface area contributed by atoms with Gasteiger partial charge in [-0.2, -0.15) is 0 Å². The Kier molecular flexibility index (Phi) is 4.49. The third-order valence-electron chi connectivity index (χ3n) is 3.73. The summed E-state index contributed by atoms with van der Waals surface area (Å²) in [6.45, 7) is 3.19. The first-order chi connectivity index (χ1) is 9.58. The van der Waals surface area contributed by atoms with Crippen LogP contribution in [-0.4, -0.2) is 30.8 Å². The molecule has 1 aromatic carbocycles. The van der Waals surface area contributed by atoms with Crippen LogP contribution in [0.4, 0.5) is 5.69 Å². The zero-order valence-electron chi connectivity index (χ0n) is 11.8. The number of rotatable bonds is 7. The lowest BCUT2D eigenvalue weighted by Crippen LogP contribution is -2.30. The SMILES string of the molecule is CCOc1cc(N)cc(C(=O)NCC2(CCO)CC2)c1. The van der Waals surface area contributed by atoms with Gasteiger partial charge < -0.3 is 20.9 Å². The molecule has 1 fully saturated rings. The second-order valence-electron chi connectivity index (χ2n) is 5.38. The number of nitrogen functional groups attached to an aromatic ring is 1. The normalized spacial score (nSPS) is 15.7. The van der Waals surface area contributed by atoms with Gasteiger partial charge >= 0.3 is 0 Å². The number of benzene rings is 1. The molecule has 1 saturated carbocycles. The minimum Gasteiger partial charge on any atom is -0.494 e. The Morgan fingerprint density at radius 1 is 1.45 bits per heavy atom. The molecule has 0 aromatic heterocycles. The Morgan fingerprint density at radius 3 is 2.80 bits per heavy atom. The number of carbonyl (C=O) groups excluding carboxylic acids is 1. The number of nitrogens with one attached hydrogen (secondary N) is 1. The molecule has 5 nitrogen and oxygen atoms in total. The average Bonchev–Trinajstić information content (AvgIpc) is 3.16. The highest BCUT2D eigenvalue weighted by Gasteiger charge is 2.41. The van der Waals surface area contributed by atoms with Gasteiger partial charge in [0.15, 0.2) is 0 Å². The van der Waals surface area contributed by atoms with Gasteiger partial charge in [-0.25, -0.2) is 0 Å². The highest BCUT2D eigenvalue weighted by molar-refractivity contribution is 5.95. The van der Waals surface area contributed by atoms with Crippen LogP contribution in [0, 0.1) is 5.41 Å². The standard InChI is InChI=1S/C15H22N2O3/c1-2-20-13-8-11(7-12(16)9-13)14(19)17-10-15(3-4-15)5-6-18/h7-9,18H,2-6,10,16H2,1H3,(H,17,19). The predicted molar refractivity (Wildman–Crippen MR) is 77.7 cm³/mol. The van der Waals surface area contributed by atoms with E-state index in [0.29, 0.717) is 30.2 Å². The van der Waals surface area contributed by atoms with Crippen LogP contribution in [0.15, 0.2) is 18.2 Å². The van der Waals surface area contributed by atoms with Gasteiger partial charge in [0, 0.05) is 30.5 Å². The van der Waals surface area contributed by atoms with Crippen molar-refractivity contribution in [2.45, 2.75) is 26.2 Å². The Morgan fingerprint density at radius 2 is 2.20 bits per heavy atom. The van der Waals surface area contributed by atoms with Crippen molar-refractivity contribution in [1.29, 1.82) is 0 Å². The number of hydrogen-bond acceptors (Lipinski definition) is 4. The van der Waals surface area contributed by atoms with Crippen molar-refractivity contribution < 1.29 is 14.6 Å². The van der Waals surface area contributed by atoms with Gasteiger partial charge in [0.1, 0.15) is 5.75 Å². The van der Waals surface area contributed by atoms with Crippen molar-refractivity contribution in [2.75, 3.05) is 25.5 Å². The predicted octanol–water partition coefficient (Wildman–Crippen LogP) is 1.56. The summed E-state index contributed by atoms with van der Waals surface area (Å²) < 4.78 is 5.38. The van der Waals surface area contributed by atoms with Crippen molar-refractivity contribution >= 4 is 11.6 Å². The van der Waals surface area contributed by atoms with Gasteiger partial charge in [-0.05, 0) is 43.7 Å².